The standard InChI is InChI=1S/C28H45NO6/c1-17-11-21-14-22(30)16-28(5,15-21)29-27(33)18(2)9-8-10-23(34-6)25(31)19(3)13-20(4)26(32)24(12-17)35-7/h9,13-14,16-17,20,23-26,30-32H,8,10-12,15H2,1-7H3,(H,29,33)/b18-9+,19-13+/t17-,20+,23+,24+,25+,26-,28-/m1/s1. The maximum Gasteiger partial charge on any atom is 0.247 e. The fraction of sp³-hybridized carbons (Fsp3) is 0.679. The molecule has 1 heterocycles. The van der Waals surface area contributed by atoms with Gasteiger partial charge in [0.25, 0.3) is 0 Å². The minimum Gasteiger partial charge on any atom is -0.508 e. The monoisotopic (exact) mass is 491 g/mol. The van der Waals surface area contributed by atoms with E-state index in [0.717, 1.165) is 11.1 Å². The van der Waals surface area contributed by atoms with Crippen molar-refractivity contribution in [2.24, 2.45) is 11.8 Å². The van der Waals surface area contributed by atoms with E-state index in [1.54, 1.807) is 33.3 Å². The summed E-state index contributed by atoms with van der Waals surface area (Å²) in [5.41, 5.74) is 1.65. The van der Waals surface area contributed by atoms with Crippen molar-refractivity contribution in [3.05, 3.63) is 46.8 Å². The first-order chi connectivity index (χ1) is 16.4. The lowest BCUT2D eigenvalue weighted by Crippen LogP contribution is -2.46. The molecule has 0 saturated carbocycles. The second-order valence-electron chi connectivity index (χ2n) is 10.7. The predicted molar refractivity (Wildman–Crippen MR) is 138 cm³/mol. The van der Waals surface area contributed by atoms with E-state index in [1.165, 1.54) is 0 Å². The third kappa shape index (κ3) is 8.31. The highest BCUT2D eigenvalue weighted by atomic mass is 16.5. The zero-order valence-corrected chi connectivity index (χ0v) is 22.4. The fourth-order valence-corrected chi connectivity index (χ4v) is 5.23. The minimum absolute atomic E-state index is 0.142. The molecule has 0 radical (unpaired) electrons. The molecule has 1 amide bonds. The number of amides is 1. The summed E-state index contributed by atoms with van der Waals surface area (Å²) in [6.45, 7) is 9.53. The summed E-state index contributed by atoms with van der Waals surface area (Å²) in [6, 6.07) is 0. The molecular formula is C28H45NO6. The van der Waals surface area contributed by atoms with Crippen molar-refractivity contribution in [2.45, 2.75) is 96.7 Å². The Morgan fingerprint density at radius 2 is 1.77 bits per heavy atom. The van der Waals surface area contributed by atoms with E-state index in [2.05, 4.69) is 12.2 Å². The summed E-state index contributed by atoms with van der Waals surface area (Å²) in [7, 11) is 3.17. The molecule has 2 rings (SSSR count). The van der Waals surface area contributed by atoms with Crippen molar-refractivity contribution in [3.63, 3.8) is 0 Å². The van der Waals surface area contributed by atoms with E-state index in [0.29, 0.717) is 37.7 Å². The number of allylic oxidation sites excluding steroid dienone is 2. The molecule has 2 aliphatic rings. The second kappa shape index (κ2) is 12.9. The van der Waals surface area contributed by atoms with Gasteiger partial charge >= 0.3 is 0 Å². The number of aliphatic hydroxyl groups excluding tert-OH is 3. The lowest BCUT2D eigenvalue weighted by Gasteiger charge is -2.33. The molecule has 7 nitrogen and oxygen atoms in total. The summed E-state index contributed by atoms with van der Waals surface area (Å²) < 4.78 is 11.2. The van der Waals surface area contributed by atoms with Crippen LogP contribution in [0.5, 0.6) is 0 Å². The number of hydrogen-bond acceptors (Lipinski definition) is 6. The summed E-state index contributed by atoms with van der Waals surface area (Å²) >= 11 is 0. The maximum absolute atomic E-state index is 12.9. The highest BCUT2D eigenvalue weighted by molar-refractivity contribution is 5.93. The van der Waals surface area contributed by atoms with Crippen LogP contribution in [0.1, 0.15) is 66.7 Å². The molecule has 35 heavy (non-hydrogen) atoms. The molecule has 7 heteroatoms. The van der Waals surface area contributed by atoms with Crippen molar-refractivity contribution in [2.75, 3.05) is 14.2 Å². The Hall–Kier alpha value is -1.93. The number of fused-ring (bicyclic) bond motifs is 2. The van der Waals surface area contributed by atoms with Crippen molar-refractivity contribution in [1.29, 1.82) is 0 Å². The van der Waals surface area contributed by atoms with Gasteiger partial charge in [0.05, 0.1) is 23.9 Å². The molecule has 7 atom stereocenters. The van der Waals surface area contributed by atoms with Gasteiger partial charge in [-0.05, 0) is 76.5 Å². The van der Waals surface area contributed by atoms with Crippen molar-refractivity contribution >= 4 is 5.91 Å². The topological polar surface area (TPSA) is 108 Å². The number of carbonyl (C=O) groups excluding carboxylic acids is 1. The predicted octanol–water partition coefficient (Wildman–Crippen LogP) is 4.12. The first-order valence-corrected chi connectivity index (χ1v) is 12.6. The number of carbonyl (C=O) groups is 1. The Morgan fingerprint density at radius 1 is 1.11 bits per heavy atom. The molecule has 198 valence electrons. The summed E-state index contributed by atoms with van der Waals surface area (Å²) in [5, 5.41) is 35.4. The quantitative estimate of drug-likeness (QED) is 0.433. The average molecular weight is 492 g/mol. The molecule has 2 bridgehead atoms. The number of methoxy groups -OCH3 is 2. The minimum atomic E-state index is -0.822. The SMILES string of the molecule is CO[C@H]1C[C@H](C)CC2=CC(O)=C[C@@](C)(C2)NC(=O)/C(C)=C/CC[C@H](OC)[C@@H](O)/C(C)=C/[C@H](C)[C@H]1O. The van der Waals surface area contributed by atoms with Gasteiger partial charge in [-0.15, -0.1) is 0 Å². The van der Waals surface area contributed by atoms with Gasteiger partial charge in [0.2, 0.25) is 5.91 Å². The molecule has 0 unspecified atom stereocenters. The fourth-order valence-electron chi connectivity index (χ4n) is 5.23. The Labute approximate surface area is 210 Å². The van der Waals surface area contributed by atoms with Crippen LogP contribution >= 0.6 is 0 Å². The molecular weight excluding hydrogens is 446 g/mol. The van der Waals surface area contributed by atoms with Crippen molar-refractivity contribution in [1.82, 2.24) is 5.32 Å². The van der Waals surface area contributed by atoms with Crippen LogP contribution in [0, 0.1) is 11.8 Å². The van der Waals surface area contributed by atoms with Crippen LogP contribution < -0.4 is 5.32 Å². The smallest absolute Gasteiger partial charge is 0.247 e. The highest BCUT2D eigenvalue weighted by Crippen LogP contribution is 2.32. The number of ether oxygens (including phenoxy) is 2. The van der Waals surface area contributed by atoms with Gasteiger partial charge < -0.3 is 30.1 Å². The molecule has 0 aromatic rings. The van der Waals surface area contributed by atoms with Gasteiger partial charge in [-0.3, -0.25) is 4.79 Å². The van der Waals surface area contributed by atoms with Gasteiger partial charge in [-0.2, -0.15) is 0 Å². The van der Waals surface area contributed by atoms with E-state index in [-0.39, 0.29) is 29.6 Å². The third-order valence-corrected chi connectivity index (χ3v) is 7.19. The molecule has 0 fully saturated rings. The van der Waals surface area contributed by atoms with Crippen molar-refractivity contribution < 1.29 is 29.6 Å². The zero-order valence-electron chi connectivity index (χ0n) is 22.4. The van der Waals surface area contributed by atoms with E-state index in [4.69, 9.17) is 9.47 Å². The van der Waals surface area contributed by atoms with Crippen LogP contribution in [0.15, 0.2) is 46.8 Å². The molecule has 1 aliphatic carbocycles. The van der Waals surface area contributed by atoms with Gasteiger partial charge in [0, 0.05) is 25.7 Å². The van der Waals surface area contributed by atoms with Crippen LogP contribution in [0.2, 0.25) is 0 Å². The van der Waals surface area contributed by atoms with E-state index >= 15 is 0 Å². The number of hydrogen-bond donors (Lipinski definition) is 4. The van der Waals surface area contributed by atoms with Crippen LogP contribution in [-0.2, 0) is 14.3 Å². The molecule has 0 saturated heterocycles. The zero-order chi connectivity index (χ0) is 26.3. The van der Waals surface area contributed by atoms with Crippen LogP contribution in [0.4, 0.5) is 0 Å². The number of rotatable bonds is 2. The third-order valence-electron chi connectivity index (χ3n) is 7.19. The lowest BCUT2D eigenvalue weighted by molar-refractivity contribution is -0.118. The Bertz CT molecular complexity index is 860. The largest absolute Gasteiger partial charge is 0.508 e. The normalized spacial score (nSPS) is 39.4. The summed E-state index contributed by atoms with van der Waals surface area (Å²) in [4.78, 5) is 12.9. The maximum atomic E-state index is 12.9. The summed E-state index contributed by atoms with van der Waals surface area (Å²) in [6.07, 6.45) is 7.85. The average Bonchev–Trinajstić information content (AvgIpc) is 2.77. The molecule has 0 spiro atoms. The van der Waals surface area contributed by atoms with Gasteiger partial charge in [-0.25, -0.2) is 0 Å². The van der Waals surface area contributed by atoms with Crippen LogP contribution in [-0.4, -0.2) is 65.4 Å². The number of aliphatic hydroxyl groups is 3. The molecule has 4 N–H and O–H groups in total. The first kappa shape index (κ1) is 29.3. The van der Waals surface area contributed by atoms with Gasteiger partial charge in [-0.1, -0.05) is 31.6 Å². The second-order valence-corrected chi connectivity index (χ2v) is 10.7. The van der Waals surface area contributed by atoms with Gasteiger partial charge in [0.15, 0.2) is 0 Å². The van der Waals surface area contributed by atoms with E-state index in [9.17, 15) is 20.1 Å². The first-order valence-electron chi connectivity index (χ1n) is 12.6. The molecule has 1 aliphatic heterocycles. The van der Waals surface area contributed by atoms with Crippen molar-refractivity contribution in [3.8, 4) is 0 Å². The Balaban J connectivity index is 2.38. The Kier molecular flexibility index (Phi) is 10.8. The molecule has 0 aromatic carbocycles. The van der Waals surface area contributed by atoms with E-state index in [1.807, 2.05) is 32.9 Å². The van der Waals surface area contributed by atoms with Crippen LogP contribution in [0.3, 0.4) is 0 Å². The Morgan fingerprint density at radius 3 is 2.40 bits per heavy atom. The molecule has 0 aromatic heterocycles. The summed E-state index contributed by atoms with van der Waals surface area (Å²) in [5.74, 6) is -0.0975. The van der Waals surface area contributed by atoms with Gasteiger partial charge in [0.1, 0.15) is 11.9 Å². The lowest BCUT2D eigenvalue weighted by atomic mass is 9.82. The highest BCUT2D eigenvalue weighted by Gasteiger charge is 2.32. The van der Waals surface area contributed by atoms with Crippen LogP contribution in [0.25, 0.3) is 0 Å². The van der Waals surface area contributed by atoms with E-state index < -0.39 is 23.9 Å². The number of nitrogens with one attached hydrogen (secondary N) is 1.